The van der Waals surface area contributed by atoms with Gasteiger partial charge in [-0.2, -0.15) is 0 Å². The molecule has 18 heavy (non-hydrogen) atoms. The molecule has 1 atom stereocenters. The van der Waals surface area contributed by atoms with Crippen molar-refractivity contribution in [3.05, 3.63) is 12.2 Å². The molecule has 1 unspecified atom stereocenters. The minimum absolute atomic E-state index is 0.137. The first-order chi connectivity index (χ1) is 8.80. The zero-order chi connectivity index (χ0) is 13.1. The summed E-state index contributed by atoms with van der Waals surface area (Å²) in [7, 11) is 0. The van der Waals surface area contributed by atoms with Gasteiger partial charge in [0.2, 0.25) is 0 Å². The highest BCUT2D eigenvalue weighted by atomic mass is 16.1. The summed E-state index contributed by atoms with van der Waals surface area (Å²) in [6.07, 6.45) is 19.5. The molecule has 0 heterocycles. The molecule has 104 valence electrons. The van der Waals surface area contributed by atoms with Gasteiger partial charge in [-0.1, -0.05) is 70.4 Å². The van der Waals surface area contributed by atoms with Crippen LogP contribution in [0.3, 0.4) is 0 Å². The summed E-state index contributed by atoms with van der Waals surface area (Å²) in [6, 6.07) is 0. The van der Waals surface area contributed by atoms with Crippen LogP contribution in [-0.2, 0) is 4.79 Å². The lowest BCUT2D eigenvalue weighted by Crippen LogP contribution is -2.07. The molecule has 1 rings (SSSR count). The van der Waals surface area contributed by atoms with Crippen molar-refractivity contribution in [1.29, 1.82) is 0 Å². The van der Waals surface area contributed by atoms with Crippen LogP contribution in [-0.4, -0.2) is 5.78 Å². The average molecular weight is 250 g/mol. The lowest BCUT2D eigenvalue weighted by molar-refractivity contribution is -0.121. The predicted octanol–water partition coefficient (Wildman–Crippen LogP) is 5.44. The van der Waals surface area contributed by atoms with Crippen molar-refractivity contribution in [1.82, 2.24) is 0 Å². The molecule has 1 heteroatoms. The van der Waals surface area contributed by atoms with Gasteiger partial charge in [0.25, 0.3) is 0 Å². The van der Waals surface area contributed by atoms with Gasteiger partial charge >= 0.3 is 0 Å². The maximum atomic E-state index is 11.9. The fourth-order valence-corrected chi connectivity index (χ4v) is 2.61. The molecule has 0 aliphatic heterocycles. The summed E-state index contributed by atoms with van der Waals surface area (Å²) < 4.78 is 0. The lowest BCUT2D eigenvalue weighted by atomic mass is 9.98. The van der Waals surface area contributed by atoms with Crippen molar-refractivity contribution in [3.63, 3.8) is 0 Å². The van der Waals surface area contributed by atoms with Crippen LogP contribution in [0.15, 0.2) is 12.2 Å². The van der Waals surface area contributed by atoms with E-state index in [0.29, 0.717) is 5.78 Å². The summed E-state index contributed by atoms with van der Waals surface area (Å²) in [5, 5.41) is 0. The fraction of sp³-hybridized carbons (Fsp3) is 0.824. The Kier molecular flexibility index (Phi) is 8.89. The summed E-state index contributed by atoms with van der Waals surface area (Å²) in [5.74, 6) is 0.566. The Morgan fingerprint density at radius 3 is 1.94 bits per heavy atom. The molecule has 0 spiro atoms. The molecule has 0 amide bonds. The molecule has 0 saturated heterocycles. The summed E-state index contributed by atoms with van der Waals surface area (Å²) in [6.45, 7) is 2.04. The number of rotatable bonds is 0. The van der Waals surface area contributed by atoms with Crippen LogP contribution < -0.4 is 0 Å². The van der Waals surface area contributed by atoms with Gasteiger partial charge in [-0.05, 0) is 19.3 Å². The standard InChI is InChI=1S/C17H30O/c1-16-14-12-10-8-6-4-2-3-5-7-9-11-13-15-17(16)18/h12,14,16H,2-11,13,15H2,1H3. The van der Waals surface area contributed by atoms with E-state index in [9.17, 15) is 4.79 Å². The van der Waals surface area contributed by atoms with Gasteiger partial charge in [0, 0.05) is 12.3 Å². The smallest absolute Gasteiger partial charge is 0.139 e. The van der Waals surface area contributed by atoms with E-state index in [1.165, 1.54) is 57.8 Å². The minimum Gasteiger partial charge on any atom is -0.299 e. The third-order valence-electron chi connectivity index (χ3n) is 3.98. The number of carbonyl (C=O) groups excluding carboxylic acids is 1. The van der Waals surface area contributed by atoms with Crippen molar-refractivity contribution in [2.24, 2.45) is 5.92 Å². The zero-order valence-corrected chi connectivity index (χ0v) is 12.1. The fourth-order valence-electron chi connectivity index (χ4n) is 2.61. The average Bonchev–Trinajstić information content (AvgIpc) is 2.37. The number of hydrogen-bond donors (Lipinski definition) is 0. The topological polar surface area (TPSA) is 17.1 Å². The van der Waals surface area contributed by atoms with Crippen molar-refractivity contribution in [3.8, 4) is 0 Å². The van der Waals surface area contributed by atoms with E-state index in [1.807, 2.05) is 6.92 Å². The maximum Gasteiger partial charge on any atom is 0.139 e. The Morgan fingerprint density at radius 2 is 1.33 bits per heavy atom. The van der Waals surface area contributed by atoms with E-state index >= 15 is 0 Å². The molecule has 0 aromatic rings. The number of Topliss-reactive ketones (excluding diaryl/α,β-unsaturated/α-hetero) is 1. The molecule has 0 aromatic carbocycles. The van der Waals surface area contributed by atoms with Gasteiger partial charge in [-0.15, -0.1) is 0 Å². The van der Waals surface area contributed by atoms with Crippen LogP contribution in [0.25, 0.3) is 0 Å². The second-order valence-electron chi connectivity index (χ2n) is 5.76. The van der Waals surface area contributed by atoms with Crippen LogP contribution in [0.1, 0.15) is 84.0 Å². The molecule has 0 radical (unpaired) electrons. The molecule has 0 bridgehead atoms. The van der Waals surface area contributed by atoms with Gasteiger partial charge < -0.3 is 0 Å². The van der Waals surface area contributed by atoms with Crippen molar-refractivity contribution >= 4 is 5.78 Å². The summed E-state index contributed by atoms with van der Waals surface area (Å²) in [4.78, 5) is 11.9. The Morgan fingerprint density at radius 1 is 0.833 bits per heavy atom. The van der Waals surface area contributed by atoms with Gasteiger partial charge in [0.1, 0.15) is 5.78 Å². The molecule has 0 N–H and O–H groups in total. The predicted molar refractivity (Wildman–Crippen MR) is 78.7 cm³/mol. The third-order valence-corrected chi connectivity index (χ3v) is 3.98. The van der Waals surface area contributed by atoms with Crippen LogP contribution in [0.5, 0.6) is 0 Å². The number of carbonyl (C=O) groups is 1. The Labute approximate surface area is 113 Å². The quantitative estimate of drug-likeness (QED) is 0.523. The third kappa shape index (κ3) is 7.68. The van der Waals surface area contributed by atoms with E-state index in [1.54, 1.807) is 0 Å². The Hall–Kier alpha value is -0.590. The lowest BCUT2D eigenvalue weighted by Gasteiger charge is -2.07. The van der Waals surface area contributed by atoms with E-state index in [-0.39, 0.29) is 5.92 Å². The van der Waals surface area contributed by atoms with Gasteiger partial charge in [-0.25, -0.2) is 0 Å². The molecule has 0 saturated carbocycles. The van der Waals surface area contributed by atoms with Gasteiger partial charge in [0.15, 0.2) is 0 Å². The number of hydrogen-bond acceptors (Lipinski definition) is 1. The normalized spacial score (nSPS) is 26.1. The molecule has 0 aromatic heterocycles. The number of allylic oxidation sites excluding steroid dienone is 2. The molecular weight excluding hydrogens is 220 g/mol. The zero-order valence-electron chi connectivity index (χ0n) is 12.1. The highest BCUT2D eigenvalue weighted by Gasteiger charge is 2.08. The van der Waals surface area contributed by atoms with Gasteiger partial charge in [0.05, 0.1) is 0 Å². The highest BCUT2D eigenvalue weighted by Crippen LogP contribution is 2.14. The van der Waals surface area contributed by atoms with Crippen molar-refractivity contribution < 1.29 is 4.79 Å². The van der Waals surface area contributed by atoms with Gasteiger partial charge in [-0.3, -0.25) is 4.79 Å². The first-order valence-electron chi connectivity index (χ1n) is 8.00. The maximum absolute atomic E-state index is 11.9. The van der Waals surface area contributed by atoms with E-state index < -0.39 is 0 Å². The molecule has 1 aliphatic rings. The second-order valence-corrected chi connectivity index (χ2v) is 5.76. The summed E-state index contributed by atoms with van der Waals surface area (Å²) in [5.41, 5.74) is 0. The van der Waals surface area contributed by atoms with E-state index in [2.05, 4.69) is 12.2 Å². The molecule has 0 fully saturated rings. The molecule has 1 nitrogen and oxygen atoms in total. The highest BCUT2D eigenvalue weighted by molar-refractivity contribution is 5.82. The van der Waals surface area contributed by atoms with Crippen LogP contribution in [0, 0.1) is 5.92 Å². The van der Waals surface area contributed by atoms with Crippen LogP contribution in [0.4, 0.5) is 0 Å². The monoisotopic (exact) mass is 250 g/mol. The minimum atomic E-state index is 0.137. The van der Waals surface area contributed by atoms with Crippen molar-refractivity contribution in [2.75, 3.05) is 0 Å². The van der Waals surface area contributed by atoms with Crippen molar-refractivity contribution in [2.45, 2.75) is 84.0 Å². The number of ketones is 1. The SMILES string of the molecule is CC1C=CCCCCCCCCCCCCC1=O. The van der Waals surface area contributed by atoms with Crippen LogP contribution >= 0.6 is 0 Å². The molecule has 1 aliphatic carbocycles. The molecular formula is C17H30O. The first kappa shape index (κ1) is 15.5. The summed E-state index contributed by atoms with van der Waals surface area (Å²) >= 11 is 0. The largest absolute Gasteiger partial charge is 0.299 e. The Bertz CT molecular complexity index is 242. The second kappa shape index (κ2) is 10.3. The van der Waals surface area contributed by atoms with E-state index in [4.69, 9.17) is 0 Å². The van der Waals surface area contributed by atoms with Crippen LogP contribution in [0.2, 0.25) is 0 Å². The Balaban J connectivity index is 2.31. The first-order valence-corrected chi connectivity index (χ1v) is 8.00. The van der Waals surface area contributed by atoms with E-state index in [0.717, 1.165) is 19.3 Å².